The zero-order valence-electron chi connectivity index (χ0n) is 19.2. The summed E-state index contributed by atoms with van der Waals surface area (Å²) in [7, 11) is 0. The van der Waals surface area contributed by atoms with Crippen LogP contribution in [0.4, 0.5) is 5.69 Å². The van der Waals surface area contributed by atoms with Gasteiger partial charge in [-0.1, -0.05) is 29.5 Å². The molecule has 2 heterocycles. The lowest BCUT2D eigenvalue weighted by Gasteiger charge is -2.11. The first-order valence-corrected chi connectivity index (χ1v) is 11.9. The number of ether oxygens (including phenoxy) is 1. The molecule has 0 radical (unpaired) electrons. The molecule has 0 unspecified atom stereocenters. The molecule has 2 aromatic heterocycles. The SMILES string of the molecule is CCOc1ccc(-n2c(Cc3cc(=O)[nH]c(=O)[nH]3)nnc2SCC(=O)Nc2ccc(C)cc2)cc1. The molecule has 11 heteroatoms. The van der Waals surface area contributed by atoms with Crippen molar-refractivity contribution in [2.75, 3.05) is 17.7 Å². The first-order chi connectivity index (χ1) is 16.9. The normalized spacial score (nSPS) is 10.8. The second-order valence-corrected chi connectivity index (χ2v) is 8.60. The molecule has 4 aromatic rings. The Morgan fingerprint density at radius 3 is 2.49 bits per heavy atom. The molecule has 0 bridgehead atoms. The van der Waals surface area contributed by atoms with Gasteiger partial charge in [0.25, 0.3) is 5.56 Å². The van der Waals surface area contributed by atoms with Crippen LogP contribution in [0, 0.1) is 6.92 Å². The highest BCUT2D eigenvalue weighted by molar-refractivity contribution is 7.99. The number of rotatable bonds is 9. The van der Waals surface area contributed by atoms with E-state index >= 15 is 0 Å². The highest BCUT2D eigenvalue weighted by Crippen LogP contribution is 2.25. The predicted octanol–water partition coefficient (Wildman–Crippen LogP) is 2.67. The highest BCUT2D eigenvalue weighted by Gasteiger charge is 2.17. The van der Waals surface area contributed by atoms with E-state index < -0.39 is 11.2 Å². The van der Waals surface area contributed by atoms with Gasteiger partial charge in [-0.25, -0.2) is 4.79 Å². The fourth-order valence-electron chi connectivity index (χ4n) is 3.37. The van der Waals surface area contributed by atoms with Crippen molar-refractivity contribution in [3.05, 3.63) is 92.5 Å². The molecule has 4 rings (SSSR count). The minimum Gasteiger partial charge on any atom is -0.494 e. The quantitative estimate of drug-likeness (QED) is 0.306. The molecule has 0 atom stereocenters. The number of nitrogens with zero attached hydrogens (tertiary/aromatic N) is 3. The summed E-state index contributed by atoms with van der Waals surface area (Å²) in [5.74, 6) is 1.15. The molecule has 0 spiro atoms. The fraction of sp³-hybridized carbons (Fsp3) is 0.208. The van der Waals surface area contributed by atoms with Gasteiger partial charge in [0.1, 0.15) is 11.6 Å². The van der Waals surface area contributed by atoms with Crippen LogP contribution in [-0.2, 0) is 11.2 Å². The van der Waals surface area contributed by atoms with E-state index in [9.17, 15) is 14.4 Å². The molecular formula is C24H24N6O4S. The number of hydrogen-bond donors (Lipinski definition) is 3. The third-order valence-corrected chi connectivity index (χ3v) is 5.87. The molecule has 0 aliphatic rings. The van der Waals surface area contributed by atoms with Gasteiger partial charge in [-0.15, -0.1) is 10.2 Å². The van der Waals surface area contributed by atoms with Crippen LogP contribution in [0.25, 0.3) is 5.69 Å². The highest BCUT2D eigenvalue weighted by atomic mass is 32.2. The van der Waals surface area contributed by atoms with Crippen molar-refractivity contribution in [3.8, 4) is 11.4 Å². The third kappa shape index (κ3) is 6.27. The Labute approximate surface area is 204 Å². The number of hydrogen-bond acceptors (Lipinski definition) is 7. The average Bonchev–Trinajstić information content (AvgIpc) is 3.21. The van der Waals surface area contributed by atoms with Crippen LogP contribution < -0.4 is 21.3 Å². The first kappa shape index (κ1) is 24.0. The summed E-state index contributed by atoms with van der Waals surface area (Å²) in [5.41, 5.74) is 1.87. The van der Waals surface area contributed by atoms with Gasteiger partial charge in [0.05, 0.1) is 12.4 Å². The van der Waals surface area contributed by atoms with Crippen LogP contribution in [0.5, 0.6) is 5.75 Å². The Bertz CT molecular complexity index is 1400. The number of carbonyl (C=O) groups is 1. The zero-order chi connectivity index (χ0) is 24.8. The molecule has 180 valence electrons. The Morgan fingerprint density at radius 1 is 1.06 bits per heavy atom. The van der Waals surface area contributed by atoms with Crippen molar-refractivity contribution in [1.82, 2.24) is 24.7 Å². The number of aromatic nitrogens is 5. The molecule has 0 saturated carbocycles. The predicted molar refractivity (Wildman–Crippen MR) is 134 cm³/mol. The van der Waals surface area contributed by atoms with Gasteiger partial charge in [0, 0.05) is 29.6 Å². The number of anilines is 1. The van der Waals surface area contributed by atoms with Gasteiger partial charge in [-0.2, -0.15) is 0 Å². The first-order valence-electron chi connectivity index (χ1n) is 10.9. The number of nitrogens with one attached hydrogen (secondary N) is 3. The molecule has 0 aliphatic heterocycles. The van der Waals surface area contributed by atoms with Gasteiger partial charge in [0.2, 0.25) is 5.91 Å². The number of thioether (sulfide) groups is 1. The second kappa shape index (κ2) is 10.9. The minimum absolute atomic E-state index is 0.116. The van der Waals surface area contributed by atoms with Gasteiger partial charge in [-0.3, -0.25) is 19.1 Å². The summed E-state index contributed by atoms with van der Waals surface area (Å²) in [6.07, 6.45) is 0.162. The molecule has 10 nitrogen and oxygen atoms in total. The minimum atomic E-state index is -0.595. The molecule has 2 aromatic carbocycles. The lowest BCUT2D eigenvalue weighted by Crippen LogP contribution is -2.23. The number of carbonyl (C=O) groups excluding carboxylic acids is 1. The van der Waals surface area contributed by atoms with Crippen molar-refractivity contribution >= 4 is 23.4 Å². The lowest BCUT2D eigenvalue weighted by atomic mass is 10.2. The molecule has 0 saturated heterocycles. The monoisotopic (exact) mass is 492 g/mol. The largest absolute Gasteiger partial charge is 0.494 e. The average molecular weight is 493 g/mol. The summed E-state index contributed by atoms with van der Waals surface area (Å²) >= 11 is 1.23. The topological polar surface area (TPSA) is 135 Å². The number of aryl methyl sites for hydroxylation is 1. The maximum atomic E-state index is 12.5. The van der Waals surface area contributed by atoms with Gasteiger partial charge < -0.3 is 15.0 Å². The fourth-order valence-corrected chi connectivity index (χ4v) is 4.15. The maximum Gasteiger partial charge on any atom is 0.325 e. The van der Waals surface area contributed by atoms with Crippen LogP contribution in [0.2, 0.25) is 0 Å². The number of H-pyrrole nitrogens is 2. The van der Waals surface area contributed by atoms with E-state index in [2.05, 4.69) is 25.5 Å². The summed E-state index contributed by atoms with van der Waals surface area (Å²) < 4.78 is 7.32. The molecule has 3 N–H and O–H groups in total. The lowest BCUT2D eigenvalue weighted by molar-refractivity contribution is -0.113. The summed E-state index contributed by atoms with van der Waals surface area (Å²) in [6.45, 7) is 4.43. The van der Waals surface area contributed by atoms with E-state index in [1.54, 1.807) is 4.57 Å². The number of aromatic amines is 2. The summed E-state index contributed by atoms with van der Waals surface area (Å²) in [6, 6.07) is 16.2. The van der Waals surface area contributed by atoms with Crippen molar-refractivity contribution in [1.29, 1.82) is 0 Å². The standard InChI is InChI=1S/C24H24N6O4S/c1-3-34-19-10-8-18(9-11-19)30-20(12-17-13-21(31)27-23(33)26-17)28-29-24(30)35-14-22(32)25-16-6-4-15(2)5-7-16/h4-11,13H,3,12,14H2,1-2H3,(H,25,32)(H2,26,27,31,33). The molecule has 0 fully saturated rings. The molecular weight excluding hydrogens is 468 g/mol. The Morgan fingerprint density at radius 2 is 1.80 bits per heavy atom. The third-order valence-electron chi connectivity index (χ3n) is 4.94. The summed E-state index contributed by atoms with van der Waals surface area (Å²) in [5, 5.41) is 11.9. The van der Waals surface area contributed by atoms with Crippen LogP contribution in [0.1, 0.15) is 24.0 Å². The second-order valence-electron chi connectivity index (χ2n) is 7.65. The van der Waals surface area contributed by atoms with Crippen molar-refractivity contribution in [3.63, 3.8) is 0 Å². The van der Waals surface area contributed by atoms with Crippen LogP contribution in [0.3, 0.4) is 0 Å². The zero-order valence-corrected chi connectivity index (χ0v) is 20.0. The van der Waals surface area contributed by atoms with E-state index in [1.807, 2.05) is 62.4 Å². The number of benzene rings is 2. The van der Waals surface area contributed by atoms with E-state index in [0.29, 0.717) is 29.0 Å². The van der Waals surface area contributed by atoms with Gasteiger partial charge in [-0.05, 0) is 50.2 Å². The Balaban J connectivity index is 1.59. The smallest absolute Gasteiger partial charge is 0.325 e. The number of amides is 1. The molecule has 35 heavy (non-hydrogen) atoms. The Kier molecular flexibility index (Phi) is 7.46. The van der Waals surface area contributed by atoms with E-state index in [0.717, 1.165) is 17.0 Å². The van der Waals surface area contributed by atoms with Crippen LogP contribution >= 0.6 is 11.8 Å². The van der Waals surface area contributed by atoms with Crippen molar-refractivity contribution < 1.29 is 9.53 Å². The van der Waals surface area contributed by atoms with E-state index in [1.165, 1.54) is 17.8 Å². The van der Waals surface area contributed by atoms with Crippen LogP contribution in [-0.4, -0.2) is 43.0 Å². The molecule has 0 aliphatic carbocycles. The summed E-state index contributed by atoms with van der Waals surface area (Å²) in [4.78, 5) is 40.7. The van der Waals surface area contributed by atoms with Gasteiger partial charge >= 0.3 is 5.69 Å². The maximum absolute atomic E-state index is 12.5. The van der Waals surface area contributed by atoms with Crippen LogP contribution in [0.15, 0.2) is 69.3 Å². The molecule has 1 amide bonds. The van der Waals surface area contributed by atoms with E-state index in [-0.39, 0.29) is 18.1 Å². The van der Waals surface area contributed by atoms with Crippen molar-refractivity contribution in [2.45, 2.75) is 25.4 Å². The van der Waals surface area contributed by atoms with Gasteiger partial charge in [0.15, 0.2) is 5.16 Å². The Hall–Kier alpha value is -4.12. The van der Waals surface area contributed by atoms with E-state index in [4.69, 9.17) is 4.74 Å². The van der Waals surface area contributed by atoms with Crippen molar-refractivity contribution in [2.24, 2.45) is 0 Å².